The Morgan fingerprint density at radius 1 is 1.44 bits per heavy atom. The molecule has 0 radical (unpaired) electrons. The van der Waals surface area contributed by atoms with E-state index < -0.39 is 0 Å². The number of aliphatic hydroxyl groups excluding tert-OH is 1. The van der Waals surface area contributed by atoms with Crippen molar-refractivity contribution in [1.82, 2.24) is 24.2 Å². The number of nitrogens with zero attached hydrogens (tertiary/aromatic N) is 5. The van der Waals surface area contributed by atoms with Crippen molar-refractivity contribution in [2.45, 2.75) is 37.9 Å². The number of nitrogens with one attached hydrogen (secondary N) is 1. The van der Waals surface area contributed by atoms with Gasteiger partial charge in [0.2, 0.25) is 5.91 Å². The van der Waals surface area contributed by atoms with E-state index in [1.54, 1.807) is 12.4 Å². The molecule has 1 aliphatic carbocycles. The number of rotatable bonds is 6. The van der Waals surface area contributed by atoms with E-state index >= 15 is 0 Å². The lowest BCUT2D eigenvalue weighted by Gasteiger charge is -2.21. The number of carbonyl (C=O) groups excluding carboxylic acids is 1. The average molecular weight is 344 g/mol. The highest BCUT2D eigenvalue weighted by molar-refractivity contribution is 5.93. The SMILES string of the molecule is Cn1ccnc1CN1C[C@@H](n2cc(NC(=O)C3CC3)cn2)C[C@H]1CO. The van der Waals surface area contributed by atoms with Crippen LogP contribution in [0.3, 0.4) is 0 Å². The second kappa shape index (κ2) is 6.61. The van der Waals surface area contributed by atoms with Crippen LogP contribution in [0.15, 0.2) is 24.8 Å². The maximum Gasteiger partial charge on any atom is 0.227 e. The first kappa shape index (κ1) is 16.3. The lowest BCUT2D eigenvalue weighted by molar-refractivity contribution is -0.117. The quantitative estimate of drug-likeness (QED) is 0.808. The summed E-state index contributed by atoms with van der Waals surface area (Å²) < 4.78 is 3.91. The van der Waals surface area contributed by atoms with Crippen molar-refractivity contribution in [2.24, 2.45) is 13.0 Å². The molecule has 134 valence electrons. The van der Waals surface area contributed by atoms with Crippen LogP contribution in [0.5, 0.6) is 0 Å². The van der Waals surface area contributed by atoms with E-state index in [1.165, 1.54) is 0 Å². The third-order valence-corrected chi connectivity index (χ3v) is 5.17. The number of anilines is 1. The summed E-state index contributed by atoms with van der Waals surface area (Å²) in [5.74, 6) is 1.26. The average Bonchev–Trinajstić information content (AvgIpc) is 3.02. The summed E-state index contributed by atoms with van der Waals surface area (Å²) >= 11 is 0. The van der Waals surface area contributed by atoms with Crippen LogP contribution in [0.1, 0.15) is 31.1 Å². The number of likely N-dealkylation sites (tertiary alicyclic amines) is 1. The van der Waals surface area contributed by atoms with E-state index in [4.69, 9.17) is 0 Å². The van der Waals surface area contributed by atoms with Gasteiger partial charge in [0.1, 0.15) is 5.82 Å². The van der Waals surface area contributed by atoms with Gasteiger partial charge in [-0.2, -0.15) is 5.10 Å². The van der Waals surface area contributed by atoms with E-state index in [9.17, 15) is 9.90 Å². The molecular weight excluding hydrogens is 320 g/mol. The van der Waals surface area contributed by atoms with E-state index in [2.05, 4.69) is 20.3 Å². The maximum absolute atomic E-state index is 11.9. The summed E-state index contributed by atoms with van der Waals surface area (Å²) in [5, 5.41) is 17.1. The maximum atomic E-state index is 11.9. The summed E-state index contributed by atoms with van der Waals surface area (Å²) in [4.78, 5) is 18.5. The van der Waals surface area contributed by atoms with Gasteiger partial charge in [-0.05, 0) is 19.3 Å². The fourth-order valence-corrected chi connectivity index (χ4v) is 3.46. The van der Waals surface area contributed by atoms with Crippen molar-refractivity contribution >= 4 is 11.6 Å². The Kier molecular flexibility index (Phi) is 4.30. The molecular formula is C17H24N6O2. The number of imidazole rings is 1. The highest BCUT2D eigenvalue weighted by Gasteiger charge is 2.34. The highest BCUT2D eigenvalue weighted by atomic mass is 16.3. The van der Waals surface area contributed by atoms with Gasteiger partial charge in [-0.1, -0.05) is 0 Å². The van der Waals surface area contributed by atoms with Gasteiger partial charge < -0.3 is 15.0 Å². The Hall–Kier alpha value is -2.19. The van der Waals surface area contributed by atoms with Crippen LogP contribution < -0.4 is 5.32 Å². The molecule has 1 saturated carbocycles. The molecule has 2 aromatic rings. The van der Waals surface area contributed by atoms with Gasteiger partial charge in [0.25, 0.3) is 0 Å². The predicted molar refractivity (Wildman–Crippen MR) is 91.7 cm³/mol. The molecule has 0 aromatic carbocycles. The van der Waals surface area contributed by atoms with Gasteiger partial charge in [-0.15, -0.1) is 0 Å². The zero-order chi connectivity index (χ0) is 17.4. The predicted octanol–water partition coefficient (Wildman–Crippen LogP) is 0.773. The zero-order valence-corrected chi connectivity index (χ0v) is 14.4. The van der Waals surface area contributed by atoms with Crippen molar-refractivity contribution < 1.29 is 9.90 Å². The van der Waals surface area contributed by atoms with E-state index in [0.717, 1.165) is 37.3 Å². The Morgan fingerprint density at radius 2 is 2.28 bits per heavy atom. The minimum atomic E-state index is 0.0930. The number of hydrogen-bond acceptors (Lipinski definition) is 5. The lowest BCUT2D eigenvalue weighted by atomic mass is 10.2. The Morgan fingerprint density at radius 3 is 2.96 bits per heavy atom. The normalized spacial score (nSPS) is 23.9. The molecule has 1 amide bonds. The fraction of sp³-hybridized carbons (Fsp3) is 0.588. The fourth-order valence-electron chi connectivity index (χ4n) is 3.46. The molecule has 2 aliphatic rings. The lowest BCUT2D eigenvalue weighted by Crippen LogP contribution is -2.32. The van der Waals surface area contributed by atoms with Crippen molar-refractivity contribution in [1.29, 1.82) is 0 Å². The van der Waals surface area contributed by atoms with Crippen LogP contribution in [-0.2, 0) is 18.4 Å². The first-order chi connectivity index (χ1) is 12.1. The third-order valence-electron chi connectivity index (χ3n) is 5.17. The zero-order valence-electron chi connectivity index (χ0n) is 14.4. The molecule has 25 heavy (non-hydrogen) atoms. The van der Waals surface area contributed by atoms with Crippen molar-refractivity contribution in [2.75, 3.05) is 18.5 Å². The van der Waals surface area contributed by atoms with Gasteiger partial charge in [0.05, 0.1) is 31.1 Å². The largest absolute Gasteiger partial charge is 0.395 e. The molecule has 0 spiro atoms. The monoisotopic (exact) mass is 344 g/mol. The third kappa shape index (κ3) is 3.45. The summed E-state index contributed by atoms with van der Waals surface area (Å²) in [7, 11) is 1.98. The Balaban J connectivity index is 1.41. The van der Waals surface area contributed by atoms with Crippen LogP contribution in [0.4, 0.5) is 5.69 Å². The second-order valence-corrected chi connectivity index (χ2v) is 7.08. The smallest absolute Gasteiger partial charge is 0.227 e. The summed E-state index contributed by atoms with van der Waals surface area (Å²) in [6.07, 6.45) is 10.1. The number of carbonyl (C=O) groups is 1. The van der Waals surface area contributed by atoms with Crippen LogP contribution >= 0.6 is 0 Å². The highest BCUT2D eigenvalue weighted by Crippen LogP contribution is 2.31. The molecule has 0 unspecified atom stereocenters. The van der Waals surface area contributed by atoms with Crippen molar-refractivity contribution in [3.05, 3.63) is 30.6 Å². The number of aryl methyl sites for hydroxylation is 1. The van der Waals surface area contributed by atoms with E-state index in [0.29, 0.717) is 6.54 Å². The van der Waals surface area contributed by atoms with Crippen molar-refractivity contribution in [3.8, 4) is 0 Å². The Bertz CT molecular complexity index is 750. The van der Waals surface area contributed by atoms with Crippen molar-refractivity contribution in [3.63, 3.8) is 0 Å². The molecule has 2 fully saturated rings. The molecule has 1 aliphatic heterocycles. The number of aliphatic hydroxyl groups is 1. The van der Waals surface area contributed by atoms with E-state index in [-0.39, 0.29) is 30.5 Å². The van der Waals surface area contributed by atoms with Gasteiger partial charge in [0, 0.05) is 44.1 Å². The van der Waals surface area contributed by atoms with Crippen LogP contribution in [-0.4, -0.2) is 54.4 Å². The minimum absolute atomic E-state index is 0.0930. The topological polar surface area (TPSA) is 88.2 Å². The van der Waals surface area contributed by atoms with E-state index in [1.807, 2.05) is 28.7 Å². The molecule has 8 nitrogen and oxygen atoms in total. The molecule has 2 N–H and O–H groups in total. The molecule has 2 aromatic heterocycles. The van der Waals surface area contributed by atoms with Gasteiger partial charge >= 0.3 is 0 Å². The second-order valence-electron chi connectivity index (χ2n) is 7.08. The molecule has 4 rings (SSSR count). The van der Waals surface area contributed by atoms with Crippen LogP contribution in [0.25, 0.3) is 0 Å². The molecule has 8 heteroatoms. The van der Waals surface area contributed by atoms with Crippen LogP contribution in [0.2, 0.25) is 0 Å². The number of amides is 1. The Labute approximate surface area is 146 Å². The van der Waals surface area contributed by atoms with Gasteiger partial charge in [-0.3, -0.25) is 14.4 Å². The number of aromatic nitrogens is 4. The minimum Gasteiger partial charge on any atom is -0.395 e. The van der Waals surface area contributed by atoms with Gasteiger partial charge in [0.15, 0.2) is 0 Å². The first-order valence-electron chi connectivity index (χ1n) is 8.80. The molecule has 0 bridgehead atoms. The summed E-state index contributed by atoms with van der Waals surface area (Å²) in [5.41, 5.74) is 0.750. The van der Waals surface area contributed by atoms with Gasteiger partial charge in [-0.25, -0.2) is 4.98 Å². The standard InChI is InChI=1S/C17H24N6O2/c1-21-5-4-18-16(21)10-22-9-14(6-15(22)11-24)23-8-13(7-19-23)20-17(25)12-2-3-12/h4-5,7-8,12,14-15,24H,2-3,6,9-11H2,1H3,(H,20,25)/t14-,15-/m0/s1. The number of hydrogen-bond donors (Lipinski definition) is 2. The molecule has 2 atom stereocenters. The van der Waals surface area contributed by atoms with Crippen LogP contribution in [0, 0.1) is 5.92 Å². The first-order valence-corrected chi connectivity index (χ1v) is 8.80. The molecule has 3 heterocycles. The molecule has 1 saturated heterocycles. The summed E-state index contributed by atoms with van der Waals surface area (Å²) in [6, 6.07) is 0.277. The summed E-state index contributed by atoms with van der Waals surface area (Å²) in [6.45, 7) is 1.63.